The zero-order valence-corrected chi connectivity index (χ0v) is 26.7. The molecule has 0 aliphatic carbocycles. The molecule has 2 aromatic carbocycles. The number of carboxylic acid groups (broad SMARTS) is 1. The van der Waals surface area contributed by atoms with Crippen molar-refractivity contribution in [3.8, 4) is 0 Å². The van der Waals surface area contributed by atoms with E-state index in [0.29, 0.717) is 43.0 Å². The quantitative estimate of drug-likeness (QED) is 0.258. The van der Waals surface area contributed by atoms with Crippen LogP contribution in [0.4, 0.5) is 23.7 Å². The first-order valence-corrected chi connectivity index (χ1v) is 15.9. The number of hydrogen-bond acceptors (Lipinski definition) is 8. The topological polar surface area (TPSA) is 157 Å². The summed E-state index contributed by atoms with van der Waals surface area (Å²) in [5, 5.41) is 25.4. The van der Waals surface area contributed by atoms with Gasteiger partial charge < -0.3 is 30.5 Å². The predicted octanol–water partition coefficient (Wildman–Crippen LogP) is 3.59. The summed E-state index contributed by atoms with van der Waals surface area (Å²) in [5.41, 5.74) is -0.855. The van der Waals surface area contributed by atoms with Crippen molar-refractivity contribution in [2.75, 3.05) is 31.1 Å². The van der Waals surface area contributed by atoms with E-state index in [2.05, 4.69) is 25.5 Å². The second-order valence-electron chi connectivity index (χ2n) is 12.1. The lowest BCUT2D eigenvalue weighted by atomic mass is 9.91. The molecule has 0 spiro atoms. The Balaban J connectivity index is 1.06. The van der Waals surface area contributed by atoms with E-state index in [-0.39, 0.29) is 42.7 Å². The molecular weight excluding hydrogens is 669 g/mol. The van der Waals surface area contributed by atoms with Crippen molar-refractivity contribution in [2.45, 2.75) is 49.6 Å². The van der Waals surface area contributed by atoms with Crippen molar-refractivity contribution in [3.05, 3.63) is 94.3 Å². The highest BCUT2D eigenvalue weighted by atomic mass is 35.5. The van der Waals surface area contributed by atoms with Gasteiger partial charge in [0.25, 0.3) is 11.8 Å². The Hall–Kier alpha value is -4.57. The molecule has 3 aliphatic rings. The molecule has 0 saturated carbocycles. The van der Waals surface area contributed by atoms with E-state index in [1.807, 2.05) is 6.08 Å². The first-order chi connectivity index (χ1) is 23.4. The third-order valence-corrected chi connectivity index (χ3v) is 9.19. The standard InChI is InChI=1S/C33H32ClF3N6O6/c34-20-9-18(10-22(36)11-20)14-40-30(44)33(48)5-8-43(31(33)45)24-15-38-29(39-16-24)19-3-6-42(7-4-19)23-13-27(41-32(46)47)28(49-17-23)25-12-21(35)1-2-26(25)37/h1-3,9-12,15-16,23,27-28,41,48H,4-8,13-14,17H2,(H,40,44)(H,46,47)/t23-,27+,28-,33+/m1/s1. The number of halogens is 4. The molecule has 3 amide bonds. The summed E-state index contributed by atoms with van der Waals surface area (Å²) in [5.74, 6) is -3.23. The minimum Gasteiger partial charge on any atom is -0.465 e. The van der Waals surface area contributed by atoms with Crippen molar-refractivity contribution < 1.29 is 42.5 Å². The number of carbonyl (C=O) groups excluding carboxylic acids is 2. The Bertz CT molecular complexity index is 1780. The molecule has 4 N–H and O–H groups in total. The van der Waals surface area contributed by atoms with Crippen LogP contribution in [0, 0.1) is 17.5 Å². The molecule has 0 bridgehead atoms. The van der Waals surface area contributed by atoms with Gasteiger partial charge in [0.15, 0.2) is 5.82 Å². The van der Waals surface area contributed by atoms with E-state index in [9.17, 15) is 37.8 Å². The lowest BCUT2D eigenvalue weighted by molar-refractivity contribution is -0.149. The molecule has 3 aliphatic heterocycles. The van der Waals surface area contributed by atoms with Crippen LogP contribution in [0.3, 0.4) is 0 Å². The average molecular weight is 701 g/mol. The zero-order valence-electron chi connectivity index (χ0n) is 25.9. The minimum atomic E-state index is -2.32. The van der Waals surface area contributed by atoms with Crippen molar-refractivity contribution >= 4 is 40.8 Å². The molecule has 0 unspecified atom stereocenters. The molecule has 258 valence electrons. The third-order valence-electron chi connectivity index (χ3n) is 8.97. The Morgan fingerprint density at radius 3 is 2.55 bits per heavy atom. The fourth-order valence-electron chi connectivity index (χ4n) is 6.45. The van der Waals surface area contributed by atoms with Crippen molar-refractivity contribution in [1.82, 2.24) is 25.5 Å². The van der Waals surface area contributed by atoms with Crippen LogP contribution in [-0.2, 0) is 20.9 Å². The fraction of sp³-hybridized carbons (Fsp3) is 0.364. The molecule has 12 nitrogen and oxygen atoms in total. The number of nitrogens with one attached hydrogen (secondary N) is 2. The number of carbonyl (C=O) groups is 3. The largest absolute Gasteiger partial charge is 0.465 e. The summed E-state index contributed by atoms with van der Waals surface area (Å²) in [4.78, 5) is 49.7. The van der Waals surface area contributed by atoms with Crippen LogP contribution in [-0.4, -0.2) is 86.9 Å². The van der Waals surface area contributed by atoms with Crippen molar-refractivity contribution in [1.29, 1.82) is 0 Å². The Labute approximate surface area is 283 Å². The van der Waals surface area contributed by atoms with E-state index in [0.717, 1.165) is 29.8 Å². The average Bonchev–Trinajstić information content (AvgIpc) is 3.38. The molecule has 16 heteroatoms. The summed E-state index contributed by atoms with van der Waals surface area (Å²) >= 11 is 5.86. The van der Waals surface area contributed by atoms with Gasteiger partial charge in [-0.25, -0.2) is 27.9 Å². The van der Waals surface area contributed by atoms with Crippen LogP contribution in [0.2, 0.25) is 5.02 Å². The van der Waals surface area contributed by atoms with Gasteiger partial charge in [-0.05, 0) is 60.4 Å². The lowest BCUT2D eigenvalue weighted by Crippen LogP contribution is -2.52. The summed E-state index contributed by atoms with van der Waals surface area (Å²) < 4.78 is 47.9. The van der Waals surface area contributed by atoms with Gasteiger partial charge in [0.05, 0.1) is 30.7 Å². The Morgan fingerprint density at radius 1 is 1.08 bits per heavy atom. The second-order valence-corrected chi connectivity index (χ2v) is 12.6. The lowest BCUT2D eigenvalue weighted by Gasteiger charge is -2.42. The number of rotatable bonds is 8. The van der Waals surface area contributed by atoms with E-state index in [1.54, 1.807) is 0 Å². The molecule has 4 heterocycles. The summed E-state index contributed by atoms with van der Waals surface area (Å²) in [6.45, 7) is 1.13. The maximum absolute atomic E-state index is 14.5. The van der Waals surface area contributed by atoms with Crippen LogP contribution in [0.5, 0.6) is 0 Å². The van der Waals surface area contributed by atoms with Crippen LogP contribution < -0.4 is 15.5 Å². The summed E-state index contributed by atoms with van der Waals surface area (Å²) in [6, 6.07) is 5.75. The monoisotopic (exact) mass is 700 g/mol. The maximum Gasteiger partial charge on any atom is 0.404 e. The molecule has 2 saturated heterocycles. The highest BCUT2D eigenvalue weighted by Crippen LogP contribution is 2.34. The molecule has 3 aromatic rings. The number of anilines is 1. The number of aromatic nitrogens is 2. The summed E-state index contributed by atoms with van der Waals surface area (Å²) in [7, 11) is 0. The fourth-order valence-corrected chi connectivity index (χ4v) is 6.70. The molecule has 2 fully saturated rings. The molecule has 4 atom stereocenters. The second kappa shape index (κ2) is 14.1. The van der Waals surface area contributed by atoms with Gasteiger partial charge in [0.2, 0.25) is 5.60 Å². The number of ether oxygens (including phenoxy) is 1. The predicted molar refractivity (Wildman–Crippen MR) is 170 cm³/mol. The van der Waals surface area contributed by atoms with Gasteiger partial charge in [-0.2, -0.15) is 0 Å². The normalized spacial score (nSPS) is 24.4. The van der Waals surface area contributed by atoms with Gasteiger partial charge in [-0.3, -0.25) is 14.5 Å². The smallest absolute Gasteiger partial charge is 0.404 e. The molecular formula is C33H32ClF3N6O6. The van der Waals surface area contributed by atoms with Gasteiger partial charge in [0.1, 0.15) is 23.6 Å². The van der Waals surface area contributed by atoms with Crippen molar-refractivity contribution in [2.24, 2.45) is 0 Å². The maximum atomic E-state index is 14.5. The van der Waals surface area contributed by atoms with Gasteiger partial charge in [-0.15, -0.1) is 0 Å². The number of amides is 3. The van der Waals surface area contributed by atoms with E-state index < -0.39 is 53.1 Å². The third kappa shape index (κ3) is 7.39. The van der Waals surface area contributed by atoms with E-state index in [4.69, 9.17) is 16.3 Å². The number of aliphatic hydroxyl groups is 1. The number of benzene rings is 2. The van der Waals surface area contributed by atoms with Crippen LogP contribution >= 0.6 is 11.6 Å². The highest BCUT2D eigenvalue weighted by Gasteiger charge is 2.52. The van der Waals surface area contributed by atoms with Crippen LogP contribution in [0.25, 0.3) is 5.57 Å². The molecule has 6 rings (SSSR count). The first-order valence-electron chi connectivity index (χ1n) is 15.5. The van der Waals surface area contributed by atoms with Crippen molar-refractivity contribution in [3.63, 3.8) is 0 Å². The summed E-state index contributed by atoms with van der Waals surface area (Å²) in [6.07, 6.45) is 3.22. The van der Waals surface area contributed by atoms with E-state index in [1.165, 1.54) is 29.4 Å². The highest BCUT2D eigenvalue weighted by molar-refractivity contribution is 6.30. The van der Waals surface area contributed by atoms with Crippen LogP contribution in [0.1, 0.15) is 42.3 Å². The van der Waals surface area contributed by atoms with E-state index >= 15 is 0 Å². The van der Waals surface area contributed by atoms with Gasteiger partial charge >= 0.3 is 6.09 Å². The van der Waals surface area contributed by atoms with Crippen LogP contribution in [0.15, 0.2) is 54.9 Å². The first kappa shape index (κ1) is 34.3. The molecule has 1 aromatic heterocycles. The molecule has 49 heavy (non-hydrogen) atoms. The van der Waals surface area contributed by atoms with Gasteiger partial charge in [-0.1, -0.05) is 17.7 Å². The number of nitrogens with zero attached hydrogens (tertiary/aromatic N) is 4. The minimum absolute atomic E-state index is 0.0445. The SMILES string of the molecule is O=C(O)N[C@H]1C[C@@H](N2CC=C(c3ncc(N4CC[C@](O)(C(=O)NCc5cc(F)cc(Cl)c5)C4=O)cn3)CC2)CO[C@@H]1c1cc(F)ccc1F. The Kier molecular flexibility index (Phi) is 9.88. The molecule has 0 radical (unpaired) electrons. The zero-order chi connectivity index (χ0) is 34.9. The van der Waals surface area contributed by atoms with Gasteiger partial charge in [0, 0.05) is 49.2 Å². The number of hydrogen-bond donors (Lipinski definition) is 4. The Morgan fingerprint density at radius 2 is 1.86 bits per heavy atom.